The summed E-state index contributed by atoms with van der Waals surface area (Å²) in [6, 6.07) is 6.97. The fraction of sp³-hybridized carbons (Fsp3) is 0.556. The highest BCUT2D eigenvalue weighted by molar-refractivity contribution is 5.85. The summed E-state index contributed by atoms with van der Waals surface area (Å²) in [7, 11) is 3.33. The molecule has 0 unspecified atom stereocenters. The average molecular weight is 350 g/mol. The lowest BCUT2D eigenvalue weighted by Gasteiger charge is -2.34. The molecule has 1 aliphatic rings. The van der Waals surface area contributed by atoms with Crippen LogP contribution in [0.1, 0.15) is 31.4 Å². The Morgan fingerprint density at radius 2 is 2.00 bits per heavy atom. The van der Waals surface area contributed by atoms with Gasteiger partial charge in [-0.25, -0.2) is 0 Å². The van der Waals surface area contributed by atoms with Crippen molar-refractivity contribution in [1.82, 2.24) is 10.2 Å². The SMILES string of the molecule is CC[C@@]1(C(=O)O)C[C@H](C(=O)NCCO)[C@H](c2ccc(OC)cc2)N1C. The third-order valence-corrected chi connectivity index (χ3v) is 5.22. The van der Waals surface area contributed by atoms with Crippen molar-refractivity contribution in [2.24, 2.45) is 5.92 Å². The van der Waals surface area contributed by atoms with Gasteiger partial charge in [-0.05, 0) is 37.6 Å². The number of methoxy groups -OCH3 is 1. The van der Waals surface area contributed by atoms with Crippen LogP contribution in [0.5, 0.6) is 5.75 Å². The summed E-state index contributed by atoms with van der Waals surface area (Å²) >= 11 is 0. The van der Waals surface area contributed by atoms with Crippen molar-refractivity contribution in [3.05, 3.63) is 29.8 Å². The van der Waals surface area contributed by atoms with Crippen LogP contribution in [0, 0.1) is 5.92 Å². The van der Waals surface area contributed by atoms with Crippen molar-refractivity contribution in [3.63, 3.8) is 0 Å². The van der Waals surface area contributed by atoms with Crippen molar-refractivity contribution in [1.29, 1.82) is 0 Å². The third kappa shape index (κ3) is 3.48. The van der Waals surface area contributed by atoms with Crippen molar-refractivity contribution >= 4 is 11.9 Å². The summed E-state index contributed by atoms with van der Waals surface area (Å²) in [6.07, 6.45) is 0.624. The molecule has 3 N–H and O–H groups in total. The second kappa shape index (κ2) is 7.84. The molecule has 7 nitrogen and oxygen atoms in total. The standard InChI is InChI=1S/C18H26N2O5/c1-4-18(17(23)24)11-14(16(22)19-9-10-21)15(20(18)2)12-5-7-13(25-3)8-6-12/h5-8,14-15,21H,4,9-11H2,1-3H3,(H,19,22)(H,23,24)/t14-,15-,18-/m0/s1. The molecule has 1 heterocycles. The molecule has 0 radical (unpaired) electrons. The predicted octanol–water partition coefficient (Wildman–Crippen LogP) is 1.03. The molecule has 1 aliphatic heterocycles. The van der Waals surface area contributed by atoms with Gasteiger partial charge in [0.15, 0.2) is 0 Å². The van der Waals surface area contributed by atoms with E-state index in [0.29, 0.717) is 12.2 Å². The number of hydrogen-bond donors (Lipinski definition) is 3. The number of rotatable bonds is 7. The molecule has 0 spiro atoms. The highest BCUT2D eigenvalue weighted by Gasteiger charge is 2.56. The Morgan fingerprint density at radius 1 is 1.36 bits per heavy atom. The topological polar surface area (TPSA) is 99.1 Å². The van der Waals surface area contributed by atoms with Gasteiger partial charge < -0.3 is 20.3 Å². The quantitative estimate of drug-likeness (QED) is 0.679. The van der Waals surface area contributed by atoms with E-state index in [2.05, 4.69) is 5.32 Å². The minimum Gasteiger partial charge on any atom is -0.497 e. The third-order valence-electron chi connectivity index (χ3n) is 5.22. The van der Waals surface area contributed by atoms with Crippen LogP contribution >= 0.6 is 0 Å². The number of hydrogen-bond acceptors (Lipinski definition) is 5. The molecule has 0 aromatic heterocycles. The van der Waals surface area contributed by atoms with Crippen LogP contribution in [0.4, 0.5) is 0 Å². The molecule has 1 aromatic rings. The number of carbonyl (C=O) groups excluding carboxylic acids is 1. The first-order chi connectivity index (χ1) is 11.9. The fourth-order valence-electron chi connectivity index (χ4n) is 3.74. The van der Waals surface area contributed by atoms with Crippen LogP contribution in [-0.4, -0.2) is 59.8 Å². The maximum Gasteiger partial charge on any atom is 0.324 e. The monoisotopic (exact) mass is 350 g/mol. The first-order valence-corrected chi connectivity index (χ1v) is 8.40. The maximum absolute atomic E-state index is 12.6. The van der Waals surface area contributed by atoms with Crippen LogP contribution < -0.4 is 10.1 Å². The number of likely N-dealkylation sites (tertiary alicyclic amines) is 1. The van der Waals surface area contributed by atoms with Crippen LogP contribution in [0.2, 0.25) is 0 Å². The summed E-state index contributed by atoms with van der Waals surface area (Å²) in [5.74, 6) is -0.974. The molecule has 1 fully saturated rings. The highest BCUT2D eigenvalue weighted by Crippen LogP contribution is 2.47. The van der Waals surface area contributed by atoms with Gasteiger partial charge in [-0.15, -0.1) is 0 Å². The molecule has 0 bridgehead atoms. The number of carbonyl (C=O) groups is 2. The molecule has 138 valence electrons. The van der Waals surface area contributed by atoms with E-state index in [9.17, 15) is 14.7 Å². The Labute approximate surface area is 147 Å². The van der Waals surface area contributed by atoms with Crippen molar-refractivity contribution in [2.45, 2.75) is 31.3 Å². The Balaban J connectivity index is 2.42. The van der Waals surface area contributed by atoms with Crippen molar-refractivity contribution in [2.75, 3.05) is 27.3 Å². The van der Waals surface area contributed by atoms with Gasteiger partial charge in [-0.3, -0.25) is 14.5 Å². The maximum atomic E-state index is 12.6. The number of aliphatic hydroxyl groups excluding tert-OH is 1. The smallest absolute Gasteiger partial charge is 0.324 e. The number of aliphatic carboxylic acids is 1. The second-order valence-corrected chi connectivity index (χ2v) is 6.34. The fourth-order valence-corrected chi connectivity index (χ4v) is 3.74. The van der Waals surface area contributed by atoms with Gasteiger partial charge in [0.2, 0.25) is 5.91 Å². The van der Waals surface area contributed by atoms with Gasteiger partial charge in [0.1, 0.15) is 11.3 Å². The zero-order chi connectivity index (χ0) is 18.6. The summed E-state index contributed by atoms with van der Waals surface area (Å²) in [5, 5.41) is 21.5. The number of aliphatic hydroxyl groups is 1. The lowest BCUT2D eigenvalue weighted by molar-refractivity contribution is -0.150. The van der Waals surface area contributed by atoms with Crippen molar-refractivity contribution < 1.29 is 24.5 Å². The van der Waals surface area contributed by atoms with Gasteiger partial charge in [0.05, 0.1) is 19.6 Å². The van der Waals surface area contributed by atoms with Crippen LogP contribution in [0.15, 0.2) is 24.3 Å². The Hall–Kier alpha value is -2.12. The molecule has 0 aliphatic carbocycles. The Morgan fingerprint density at radius 3 is 2.48 bits per heavy atom. The number of ether oxygens (including phenoxy) is 1. The summed E-state index contributed by atoms with van der Waals surface area (Å²) in [5.41, 5.74) is -0.227. The van der Waals surface area contributed by atoms with E-state index < -0.39 is 17.4 Å². The lowest BCUT2D eigenvalue weighted by Crippen LogP contribution is -2.48. The normalized spacial score (nSPS) is 26.4. The Bertz CT molecular complexity index is 618. The van der Waals surface area contributed by atoms with E-state index in [1.54, 1.807) is 31.2 Å². The number of amides is 1. The van der Waals surface area contributed by atoms with Gasteiger partial charge in [-0.1, -0.05) is 19.1 Å². The summed E-state index contributed by atoms with van der Waals surface area (Å²) in [6.45, 7) is 1.82. The molecule has 25 heavy (non-hydrogen) atoms. The van der Waals surface area contributed by atoms with E-state index in [1.165, 1.54) is 0 Å². The van der Waals surface area contributed by atoms with Gasteiger partial charge in [-0.2, -0.15) is 0 Å². The molecule has 0 saturated carbocycles. The molecular formula is C18H26N2O5. The molecule has 1 saturated heterocycles. The van der Waals surface area contributed by atoms with E-state index >= 15 is 0 Å². The molecular weight excluding hydrogens is 324 g/mol. The number of carboxylic acids is 1. The highest BCUT2D eigenvalue weighted by atomic mass is 16.5. The predicted molar refractivity (Wildman–Crippen MR) is 92.4 cm³/mol. The minimum atomic E-state index is -1.09. The number of nitrogens with one attached hydrogen (secondary N) is 1. The average Bonchev–Trinajstić information content (AvgIpc) is 2.93. The second-order valence-electron chi connectivity index (χ2n) is 6.34. The number of carboxylic acid groups (broad SMARTS) is 1. The molecule has 2 rings (SSSR count). The zero-order valence-corrected chi connectivity index (χ0v) is 14.9. The summed E-state index contributed by atoms with van der Waals surface area (Å²) < 4.78 is 5.17. The van der Waals surface area contributed by atoms with Gasteiger partial charge >= 0.3 is 5.97 Å². The molecule has 3 atom stereocenters. The first kappa shape index (κ1) is 19.2. The van der Waals surface area contributed by atoms with Crippen molar-refractivity contribution in [3.8, 4) is 5.75 Å². The summed E-state index contributed by atoms with van der Waals surface area (Å²) in [4.78, 5) is 26.4. The molecule has 7 heteroatoms. The van der Waals surface area contributed by atoms with Gasteiger partial charge in [0, 0.05) is 12.6 Å². The van der Waals surface area contributed by atoms with Crippen LogP contribution in [-0.2, 0) is 9.59 Å². The first-order valence-electron chi connectivity index (χ1n) is 8.40. The van der Waals surface area contributed by atoms with E-state index in [4.69, 9.17) is 9.84 Å². The van der Waals surface area contributed by atoms with E-state index in [1.807, 2.05) is 19.1 Å². The molecule has 1 aromatic carbocycles. The lowest BCUT2D eigenvalue weighted by atomic mass is 9.87. The zero-order valence-electron chi connectivity index (χ0n) is 14.9. The van der Waals surface area contributed by atoms with E-state index in [-0.39, 0.29) is 31.5 Å². The number of benzene rings is 1. The Kier molecular flexibility index (Phi) is 6.02. The van der Waals surface area contributed by atoms with E-state index in [0.717, 1.165) is 5.56 Å². The number of nitrogens with zero attached hydrogens (tertiary/aromatic N) is 1. The molecule has 1 amide bonds. The minimum absolute atomic E-state index is 0.153. The van der Waals surface area contributed by atoms with Crippen LogP contribution in [0.3, 0.4) is 0 Å². The van der Waals surface area contributed by atoms with Crippen LogP contribution in [0.25, 0.3) is 0 Å². The largest absolute Gasteiger partial charge is 0.497 e. The number of likely N-dealkylation sites (N-methyl/N-ethyl adjacent to an activating group) is 1. The van der Waals surface area contributed by atoms with Gasteiger partial charge in [0.25, 0.3) is 0 Å².